The molecule has 2 aromatic rings. The molecule has 0 spiro atoms. The summed E-state index contributed by atoms with van der Waals surface area (Å²) in [5.74, 6) is -0.113. The van der Waals surface area contributed by atoms with Gasteiger partial charge in [-0.05, 0) is 43.4 Å². The first-order valence-electron chi connectivity index (χ1n) is 10.2. The topological polar surface area (TPSA) is 81.3 Å². The number of urea groups is 1. The fraction of sp³-hybridized carbons (Fsp3) is 0.500. The van der Waals surface area contributed by atoms with E-state index < -0.39 is 6.04 Å². The van der Waals surface area contributed by atoms with E-state index in [0.717, 1.165) is 17.7 Å². The van der Waals surface area contributed by atoms with Crippen molar-refractivity contribution in [2.75, 3.05) is 27.7 Å². The van der Waals surface area contributed by atoms with Gasteiger partial charge in [0.1, 0.15) is 11.9 Å². The van der Waals surface area contributed by atoms with Gasteiger partial charge in [-0.2, -0.15) is 5.10 Å². The standard InChI is InChI=1S/C22H32FN5O2/c1-15(2)12-20(21(29)27(3)4)24-22(30)28(5)11-7-10-18-14-19(26-25-18)16-8-6-9-17(23)13-16/h6,8-9,13-15,20H,7,10-12H2,1-5H3,(H,24,30)(H,25,26)/t20-/m1/s1. The Kier molecular flexibility index (Phi) is 8.38. The predicted molar refractivity (Wildman–Crippen MR) is 115 cm³/mol. The SMILES string of the molecule is CC(C)C[C@@H](NC(=O)N(C)CCCc1cc(-c2cccc(F)c2)n[nH]1)C(=O)N(C)C. The largest absolute Gasteiger partial charge is 0.347 e. The minimum Gasteiger partial charge on any atom is -0.347 e. The van der Waals surface area contributed by atoms with Crippen molar-refractivity contribution in [3.63, 3.8) is 0 Å². The van der Waals surface area contributed by atoms with E-state index in [0.29, 0.717) is 25.1 Å². The van der Waals surface area contributed by atoms with Gasteiger partial charge in [0.2, 0.25) is 5.91 Å². The summed E-state index contributed by atoms with van der Waals surface area (Å²) in [4.78, 5) is 27.9. The highest BCUT2D eigenvalue weighted by molar-refractivity contribution is 5.86. The third-order valence-electron chi connectivity index (χ3n) is 4.78. The molecule has 1 heterocycles. The second-order valence-corrected chi connectivity index (χ2v) is 8.18. The van der Waals surface area contributed by atoms with E-state index in [1.54, 1.807) is 32.1 Å². The molecule has 1 aromatic heterocycles. The predicted octanol–water partition coefficient (Wildman–Crippen LogP) is 3.29. The van der Waals surface area contributed by atoms with Crippen LogP contribution in [0.2, 0.25) is 0 Å². The molecule has 0 aliphatic rings. The molecule has 1 atom stereocenters. The summed E-state index contributed by atoms with van der Waals surface area (Å²) in [6, 6.07) is 7.40. The van der Waals surface area contributed by atoms with Gasteiger partial charge in [0.05, 0.1) is 5.69 Å². The molecular formula is C22H32FN5O2. The van der Waals surface area contributed by atoms with E-state index in [4.69, 9.17) is 0 Å². The number of nitrogens with zero attached hydrogens (tertiary/aromatic N) is 3. The lowest BCUT2D eigenvalue weighted by molar-refractivity contribution is -0.131. The Morgan fingerprint density at radius 1 is 1.20 bits per heavy atom. The second-order valence-electron chi connectivity index (χ2n) is 8.18. The molecule has 30 heavy (non-hydrogen) atoms. The van der Waals surface area contributed by atoms with Crippen LogP contribution in [0.3, 0.4) is 0 Å². The van der Waals surface area contributed by atoms with Crippen LogP contribution in [0.5, 0.6) is 0 Å². The highest BCUT2D eigenvalue weighted by Gasteiger charge is 2.24. The van der Waals surface area contributed by atoms with Crippen molar-refractivity contribution in [2.45, 2.75) is 39.2 Å². The normalized spacial score (nSPS) is 12.0. The van der Waals surface area contributed by atoms with Crippen LogP contribution in [-0.4, -0.2) is 65.7 Å². The van der Waals surface area contributed by atoms with Gasteiger partial charge in [0.15, 0.2) is 0 Å². The highest BCUT2D eigenvalue weighted by Crippen LogP contribution is 2.19. The maximum Gasteiger partial charge on any atom is 0.317 e. The first kappa shape index (κ1) is 23.4. The van der Waals surface area contributed by atoms with E-state index in [9.17, 15) is 14.0 Å². The van der Waals surface area contributed by atoms with Gasteiger partial charge in [-0.3, -0.25) is 9.89 Å². The Morgan fingerprint density at radius 3 is 2.57 bits per heavy atom. The van der Waals surface area contributed by atoms with Crippen LogP contribution in [0.15, 0.2) is 30.3 Å². The molecular weight excluding hydrogens is 385 g/mol. The number of H-pyrrole nitrogens is 1. The van der Waals surface area contributed by atoms with Gasteiger partial charge in [-0.25, -0.2) is 9.18 Å². The summed E-state index contributed by atoms with van der Waals surface area (Å²) >= 11 is 0. The van der Waals surface area contributed by atoms with Crippen LogP contribution in [0, 0.1) is 11.7 Å². The monoisotopic (exact) mass is 417 g/mol. The number of halogens is 1. The smallest absolute Gasteiger partial charge is 0.317 e. The number of carbonyl (C=O) groups is 2. The van der Waals surface area contributed by atoms with Gasteiger partial charge in [0, 0.05) is 38.9 Å². The molecule has 8 heteroatoms. The minimum absolute atomic E-state index is 0.104. The maximum atomic E-state index is 13.4. The molecule has 2 N–H and O–H groups in total. The summed E-state index contributed by atoms with van der Waals surface area (Å²) in [5.41, 5.74) is 2.33. The van der Waals surface area contributed by atoms with Crippen molar-refractivity contribution < 1.29 is 14.0 Å². The van der Waals surface area contributed by atoms with Crippen LogP contribution >= 0.6 is 0 Å². The number of aryl methyl sites for hydroxylation is 1. The molecule has 0 bridgehead atoms. The minimum atomic E-state index is -0.531. The molecule has 3 amide bonds. The number of benzene rings is 1. The Morgan fingerprint density at radius 2 is 1.93 bits per heavy atom. The van der Waals surface area contributed by atoms with Gasteiger partial charge in [0.25, 0.3) is 0 Å². The van der Waals surface area contributed by atoms with E-state index in [2.05, 4.69) is 15.5 Å². The maximum absolute atomic E-state index is 13.4. The van der Waals surface area contributed by atoms with E-state index in [1.807, 2.05) is 26.0 Å². The number of hydrogen-bond acceptors (Lipinski definition) is 3. The number of amides is 3. The molecule has 0 radical (unpaired) electrons. The Labute approximate surface area is 177 Å². The third-order valence-corrected chi connectivity index (χ3v) is 4.78. The lowest BCUT2D eigenvalue weighted by atomic mass is 10.0. The summed E-state index contributed by atoms with van der Waals surface area (Å²) < 4.78 is 13.4. The summed E-state index contributed by atoms with van der Waals surface area (Å²) in [5, 5.41) is 10.1. The zero-order valence-corrected chi connectivity index (χ0v) is 18.4. The molecule has 164 valence electrons. The number of likely N-dealkylation sites (N-methyl/N-ethyl adjacent to an activating group) is 1. The van der Waals surface area contributed by atoms with Gasteiger partial charge in [-0.1, -0.05) is 26.0 Å². The van der Waals surface area contributed by atoms with Crippen molar-refractivity contribution in [2.24, 2.45) is 5.92 Å². The Bertz CT molecular complexity index is 850. The first-order chi connectivity index (χ1) is 14.2. The van der Waals surface area contributed by atoms with E-state index in [-0.39, 0.29) is 23.7 Å². The fourth-order valence-corrected chi connectivity index (χ4v) is 3.16. The number of aromatic nitrogens is 2. The van der Waals surface area contributed by atoms with Crippen molar-refractivity contribution in [3.05, 3.63) is 41.8 Å². The van der Waals surface area contributed by atoms with Crippen molar-refractivity contribution >= 4 is 11.9 Å². The van der Waals surface area contributed by atoms with E-state index >= 15 is 0 Å². The molecule has 0 fully saturated rings. The van der Waals surface area contributed by atoms with Crippen molar-refractivity contribution in [3.8, 4) is 11.3 Å². The zero-order chi connectivity index (χ0) is 22.3. The average molecular weight is 418 g/mol. The number of aromatic amines is 1. The number of carbonyl (C=O) groups excluding carboxylic acids is 2. The average Bonchev–Trinajstić information content (AvgIpc) is 3.15. The zero-order valence-electron chi connectivity index (χ0n) is 18.4. The number of rotatable bonds is 9. The molecule has 7 nitrogen and oxygen atoms in total. The molecule has 0 aliphatic carbocycles. The van der Waals surface area contributed by atoms with Crippen LogP contribution in [0.1, 0.15) is 32.4 Å². The van der Waals surface area contributed by atoms with Crippen molar-refractivity contribution in [1.82, 2.24) is 25.3 Å². The highest BCUT2D eigenvalue weighted by atomic mass is 19.1. The van der Waals surface area contributed by atoms with Gasteiger partial charge < -0.3 is 15.1 Å². The lowest BCUT2D eigenvalue weighted by Crippen LogP contribution is -2.50. The molecule has 0 unspecified atom stereocenters. The van der Waals surface area contributed by atoms with Gasteiger partial charge >= 0.3 is 6.03 Å². The van der Waals surface area contributed by atoms with Gasteiger partial charge in [-0.15, -0.1) is 0 Å². The van der Waals surface area contributed by atoms with Crippen molar-refractivity contribution in [1.29, 1.82) is 0 Å². The van der Waals surface area contributed by atoms with Crippen LogP contribution in [0.4, 0.5) is 9.18 Å². The quantitative estimate of drug-likeness (QED) is 0.657. The summed E-state index contributed by atoms with van der Waals surface area (Å²) in [6.45, 7) is 4.58. The van der Waals surface area contributed by atoms with E-state index in [1.165, 1.54) is 17.0 Å². The molecule has 1 aromatic carbocycles. The van der Waals surface area contributed by atoms with Crippen LogP contribution in [0.25, 0.3) is 11.3 Å². The molecule has 2 rings (SSSR count). The van der Waals surface area contributed by atoms with Crippen LogP contribution in [-0.2, 0) is 11.2 Å². The molecule has 0 saturated carbocycles. The number of hydrogen-bond donors (Lipinski definition) is 2. The Balaban J connectivity index is 1.85. The first-order valence-corrected chi connectivity index (χ1v) is 10.2. The summed E-state index contributed by atoms with van der Waals surface area (Å²) in [7, 11) is 5.09. The third kappa shape index (κ3) is 6.86. The second kappa shape index (κ2) is 10.8. The molecule has 0 saturated heterocycles. The Hall–Kier alpha value is -2.90. The summed E-state index contributed by atoms with van der Waals surface area (Å²) in [6.07, 6.45) is 2.02. The number of nitrogens with one attached hydrogen (secondary N) is 2. The molecule has 0 aliphatic heterocycles. The van der Waals surface area contributed by atoms with Crippen LogP contribution < -0.4 is 5.32 Å². The fourth-order valence-electron chi connectivity index (χ4n) is 3.16. The lowest BCUT2D eigenvalue weighted by Gasteiger charge is -2.26.